The second-order valence-corrected chi connectivity index (χ2v) is 7.11. The van der Waals surface area contributed by atoms with Crippen LogP contribution in [0.25, 0.3) is 0 Å². The summed E-state index contributed by atoms with van der Waals surface area (Å²) in [5.74, 6) is 0.949. The van der Waals surface area contributed by atoms with Gasteiger partial charge in [0.2, 0.25) is 0 Å². The van der Waals surface area contributed by atoms with Crippen molar-refractivity contribution in [3.63, 3.8) is 0 Å². The monoisotopic (exact) mass is 367 g/mol. The number of carbonyl (C=O) groups excluding carboxylic acids is 1. The molecule has 0 atom stereocenters. The predicted octanol–water partition coefficient (Wildman–Crippen LogP) is 1.99. The molecule has 0 radical (unpaired) electrons. The number of hydrogen-bond donors (Lipinski definition) is 1. The number of piperazine rings is 1. The zero-order chi connectivity index (χ0) is 18.6. The Hall–Kier alpha value is -1.50. The van der Waals surface area contributed by atoms with Gasteiger partial charge in [0.05, 0.1) is 6.61 Å². The molecule has 2 heterocycles. The maximum absolute atomic E-state index is 11.8. The van der Waals surface area contributed by atoms with Crippen LogP contribution < -0.4 is 5.32 Å². The Morgan fingerprint density at radius 1 is 0.962 bits per heavy atom. The number of amides is 1. The number of guanidine groups is 1. The van der Waals surface area contributed by atoms with Crippen LogP contribution in [0.3, 0.4) is 0 Å². The minimum absolute atomic E-state index is 0.205. The first-order valence-electron chi connectivity index (χ1n) is 10.3. The lowest BCUT2D eigenvalue weighted by molar-refractivity contribution is 0.0914. The van der Waals surface area contributed by atoms with Crippen LogP contribution in [0, 0.1) is 0 Å². The van der Waals surface area contributed by atoms with Gasteiger partial charge in [-0.15, -0.1) is 0 Å². The largest absolute Gasteiger partial charge is 0.450 e. The van der Waals surface area contributed by atoms with E-state index in [0.29, 0.717) is 19.7 Å². The molecule has 7 heteroatoms. The summed E-state index contributed by atoms with van der Waals surface area (Å²) in [5, 5.41) is 3.47. The highest BCUT2D eigenvalue weighted by Crippen LogP contribution is 2.10. The number of ether oxygens (including phenoxy) is 1. The Balaban J connectivity index is 1.56. The van der Waals surface area contributed by atoms with Crippen LogP contribution >= 0.6 is 0 Å². The molecule has 2 aliphatic heterocycles. The number of unbranched alkanes of at least 4 members (excludes halogenated alkanes) is 2. The lowest BCUT2D eigenvalue weighted by atomic mass is 10.1. The molecule has 0 spiro atoms. The Morgan fingerprint density at radius 3 is 2.31 bits per heavy atom. The lowest BCUT2D eigenvalue weighted by Crippen LogP contribution is -2.54. The van der Waals surface area contributed by atoms with E-state index in [9.17, 15) is 4.79 Å². The Kier molecular flexibility index (Phi) is 9.60. The van der Waals surface area contributed by atoms with Gasteiger partial charge in [0.1, 0.15) is 0 Å². The fraction of sp³-hybridized carbons (Fsp3) is 0.895. The quantitative estimate of drug-likeness (QED) is 0.424. The molecule has 150 valence electrons. The fourth-order valence-corrected chi connectivity index (χ4v) is 3.67. The van der Waals surface area contributed by atoms with E-state index in [1.54, 1.807) is 4.90 Å². The maximum atomic E-state index is 11.8. The third-order valence-corrected chi connectivity index (χ3v) is 5.20. The first-order valence-corrected chi connectivity index (χ1v) is 10.3. The van der Waals surface area contributed by atoms with Crippen LogP contribution in [-0.4, -0.2) is 92.8 Å². The molecule has 0 saturated carbocycles. The Labute approximate surface area is 158 Å². The van der Waals surface area contributed by atoms with Gasteiger partial charge in [-0.1, -0.05) is 12.8 Å². The maximum Gasteiger partial charge on any atom is 0.409 e. The smallest absolute Gasteiger partial charge is 0.409 e. The first-order chi connectivity index (χ1) is 12.7. The molecule has 2 fully saturated rings. The van der Waals surface area contributed by atoms with Crippen molar-refractivity contribution in [1.29, 1.82) is 0 Å². The van der Waals surface area contributed by atoms with E-state index in [1.807, 2.05) is 14.0 Å². The van der Waals surface area contributed by atoms with E-state index >= 15 is 0 Å². The van der Waals surface area contributed by atoms with Gasteiger partial charge in [-0.25, -0.2) is 4.79 Å². The molecule has 0 aromatic rings. The topological polar surface area (TPSA) is 60.4 Å². The lowest BCUT2D eigenvalue weighted by Gasteiger charge is -2.35. The number of rotatable bonds is 7. The van der Waals surface area contributed by atoms with Gasteiger partial charge in [-0.3, -0.25) is 4.99 Å². The van der Waals surface area contributed by atoms with Crippen LogP contribution in [0.15, 0.2) is 4.99 Å². The average molecular weight is 368 g/mol. The zero-order valence-corrected chi connectivity index (χ0v) is 16.7. The molecule has 7 nitrogen and oxygen atoms in total. The molecule has 2 aliphatic rings. The number of nitrogens with one attached hydrogen (secondary N) is 1. The molecule has 1 amide bonds. The Morgan fingerprint density at radius 2 is 1.65 bits per heavy atom. The highest BCUT2D eigenvalue weighted by Gasteiger charge is 2.23. The number of carbonyl (C=O) groups is 1. The highest BCUT2D eigenvalue weighted by molar-refractivity contribution is 5.80. The van der Waals surface area contributed by atoms with Crippen LogP contribution in [-0.2, 0) is 4.74 Å². The van der Waals surface area contributed by atoms with E-state index in [-0.39, 0.29) is 6.09 Å². The van der Waals surface area contributed by atoms with Crippen molar-refractivity contribution in [2.75, 3.05) is 66.0 Å². The van der Waals surface area contributed by atoms with Crippen LogP contribution in [0.5, 0.6) is 0 Å². The number of nitrogens with zero attached hydrogens (tertiary/aromatic N) is 4. The molecular weight excluding hydrogens is 330 g/mol. The van der Waals surface area contributed by atoms with Gasteiger partial charge in [0.25, 0.3) is 0 Å². The SMILES string of the molecule is CCOC(=O)N1CCN(C(=NC)NCCCCCN2CCCCC2)CC1. The van der Waals surface area contributed by atoms with Crippen molar-refractivity contribution in [3.8, 4) is 0 Å². The summed E-state index contributed by atoms with van der Waals surface area (Å²) in [5.41, 5.74) is 0. The van der Waals surface area contributed by atoms with Gasteiger partial charge in [-0.05, 0) is 52.2 Å². The molecule has 2 rings (SSSR count). The fourth-order valence-electron chi connectivity index (χ4n) is 3.67. The molecule has 0 aromatic heterocycles. The first kappa shape index (κ1) is 20.8. The van der Waals surface area contributed by atoms with E-state index in [4.69, 9.17) is 4.74 Å². The van der Waals surface area contributed by atoms with Gasteiger partial charge >= 0.3 is 6.09 Å². The van der Waals surface area contributed by atoms with E-state index < -0.39 is 0 Å². The molecule has 0 aromatic carbocycles. The van der Waals surface area contributed by atoms with E-state index in [2.05, 4.69) is 20.1 Å². The third-order valence-electron chi connectivity index (χ3n) is 5.20. The van der Waals surface area contributed by atoms with Crippen molar-refractivity contribution in [3.05, 3.63) is 0 Å². The van der Waals surface area contributed by atoms with Crippen molar-refractivity contribution in [2.45, 2.75) is 45.4 Å². The number of likely N-dealkylation sites (tertiary alicyclic amines) is 1. The highest BCUT2D eigenvalue weighted by atomic mass is 16.6. The van der Waals surface area contributed by atoms with Crippen molar-refractivity contribution >= 4 is 12.1 Å². The van der Waals surface area contributed by atoms with Crippen LogP contribution in [0.1, 0.15) is 45.4 Å². The summed E-state index contributed by atoms with van der Waals surface area (Å²) in [6, 6.07) is 0. The predicted molar refractivity (Wildman–Crippen MR) is 106 cm³/mol. The van der Waals surface area contributed by atoms with E-state index in [0.717, 1.165) is 25.6 Å². The summed E-state index contributed by atoms with van der Waals surface area (Å²) in [6.45, 7) is 10.1. The van der Waals surface area contributed by atoms with Crippen LogP contribution in [0.2, 0.25) is 0 Å². The molecular formula is C19H37N5O2. The van der Waals surface area contributed by atoms with Gasteiger partial charge in [0, 0.05) is 39.8 Å². The normalized spacial score (nSPS) is 19.5. The molecule has 0 bridgehead atoms. The van der Waals surface area contributed by atoms with Crippen molar-refractivity contribution in [2.24, 2.45) is 4.99 Å². The average Bonchev–Trinajstić information content (AvgIpc) is 2.69. The van der Waals surface area contributed by atoms with Gasteiger partial charge in [-0.2, -0.15) is 0 Å². The standard InChI is InChI=1S/C19H37N5O2/c1-3-26-19(25)24-16-14-23(15-17-24)18(20-2)21-10-6-4-7-11-22-12-8-5-9-13-22/h3-17H2,1-2H3,(H,20,21). The molecule has 2 saturated heterocycles. The van der Waals surface area contributed by atoms with Gasteiger partial charge < -0.3 is 24.8 Å². The van der Waals surface area contributed by atoms with Crippen molar-refractivity contribution in [1.82, 2.24) is 20.0 Å². The molecule has 26 heavy (non-hydrogen) atoms. The number of hydrogen-bond acceptors (Lipinski definition) is 4. The molecule has 1 N–H and O–H groups in total. The van der Waals surface area contributed by atoms with Crippen LogP contribution in [0.4, 0.5) is 4.79 Å². The zero-order valence-electron chi connectivity index (χ0n) is 16.7. The van der Waals surface area contributed by atoms with E-state index in [1.165, 1.54) is 58.2 Å². The second kappa shape index (κ2) is 12.0. The number of piperidine rings is 1. The third kappa shape index (κ3) is 7.02. The summed E-state index contributed by atoms with van der Waals surface area (Å²) in [7, 11) is 1.83. The molecule has 0 unspecified atom stereocenters. The number of aliphatic imine (C=N–C) groups is 1. The molecule has 0 aliphatic carbocycles. The second-order valence-electron chi connectivity index (χ2n) is 7.11. The summed E-state index contributed by atoms with van der Waals surface area (Å²) in [6.07, 6.45) is 7.69. The summed E-state index contributed by atoms with van der Waals surface area (Å²) in [4.78, 5) is 22.8. The van der Waals surface area contributed by atoms with Gasteiger partial charge in [0.15, 0.2) is 5.96 Å². The minimum Gasteiger partial charge on any atom is -0.450 e. The summed E-state index contributed by atoms with van der Waals surface area (Å²) < 4.78 is 5.07. The van der Waals surface area contributed by atoms with Crippen molar-refractivity contribution < 1.29 is 9.53 Å². The Bertz CT molecular complexity index is 430. The minimum atomic E-state index is -0.205. The summed E-state index contributed by atoms with van der Waals surface area (Å²) >= 11 is 0.